The lowest BCUT2D eigenvalue weighted by Gasteiger charge is -2.16. The largest absolute Gasteiger partial charge is 0.416 e. The number of benzene rings is 3. The number of anilines is 3. The molecule has 46 heavy (non-hydrogen) atoms. The van der Waals surface area contributed by atoms with Crippen molar-refractivity contribution in [2.24, 2.45) is 5.92 Å². The summed E-state index contributed by atoms with van der Waals surface area (Å²) in [6.07, 6.45) is -7.10. The van der Waals surface area contributed by atoms with E-state index in [-0.39, 0.29) is 27.9 Å². The van der Waals surface area contributed by atoms with Crippen LogP contribution in [-0.4, -0.2) is 28.2 Å². The molecule has 3 N–H and O–H groups in total. The summed E-state index contributed by atoms with van der Waals surface area (Å²) < 4.78 is 109. The van der Waals surface area contributed by atoms with Crippen molar-refractivity contribution in [2.75, 3.05) is 16.0 Å². The number of amides is 3. The van der Waals surface area contributed by atoms with E-state index in [1.165, 1.54) is 6.07 Å². The van der Waals surface area contributed by atoms with Crippen LogP contribution in [0, 0.1) is 17.6 Å². The Bertz CT molecular complexity index is 1700. The van der Waals surface area contributed by atoms with Crippen LogP contribution < -0.4 is 16.0 Å². The quantitative estimate of drug-likeness (QED) is 0.161. The van der Waals surface area contributed by atoms with E-state index in [0.717, 1.165) is 31.2 Å². The van der Waals surface area contributed by atoms with Crippen LogP contribution in [0.1, 0.15) is 46.8 Å². The first-order chi connectivity index (χ1) is 21.1. The third-order valence-corrected chi connectivity index (χ3v) is 8.18. The summed E-state index contributed by atoms with van der Waals surface area (Å²) in [5, 5.41) is 6.01. The smallest absolute Gasteiger partial charge is 0.326 e. The van der Waals surface area contributed by atoms with Gasteiger partial charge in [-0.1, -0.05) is 11.6 Å². The van der Waals surface area contributed by atoms with Gasteiger partial charge in [0.2, 0.25) is 5.91 Å². The Morgan fingerprint density at radius 2 is 1.52 bits per heavy atom. The van der Waals surface area contributed by atoms with Crippen molar-refractivity contribution in [2.45, 2.75) is 42.4 Å². The lowest BCUT2D eigenvalue weighted by atomic mass is 9.98. The molecule has 1 aliphatic carbocycles. The van der Waals surface area contributed by atoms with Crippen LogP contribution in [0.5, 0.6) is 0 Å². The molecule has 0 spiro atoms. The molecule has 0 radical (unpaired) electrons. The number of nitrogens with one attached hydrogen (secondary N) is 3. The van der Waals surface area contributed by atoms with Gasteiger partial charge in [-0.15, -0.1) is 23.2 Å². The average molecular weight is 717 g/mol. The number of rotatable bonds is 8. The van der Waals surface area contributed by atoms with Gasteiger partial charge in [-0.2, -0.15) is 13.2 Å². The fourth-order valence-electron chi connectivity index (χ4n) is 4.49. The molecule has 3 atom stereocenters. The van der Waals surface area contributed by atoms with Gasteiger partial charge >= 0.3 is 6.18 Å². The topological polar surface area (TPSA) is 87.3 Å². The highest BCUT2D eigenvalue weighted by Crippen LogP contribution is 2.65. The van der Waals surface area contributed by atoms with Gasteiger partial charge in [-0.05, 0) is 61.0 Å². The second-order valence-electron chi connectivity index (χ2n) is 10.4. The molecule has 6 nitrogen and oxygen atoms in total. The van der Waals surface area contributed by atoms with Gasteiger partial charge in [0, 0.05) is 24.1 Å². The van der Waals surface area contributed by atoms with Gasteiger partial charge < -0.3 is 16.0 Å². The number of hydrogen-bond acceptors (Lipinski definition) is 3. The molecule has 3 amide bonds. The van der Waals surface area contributed by atoms with Crippen molar-refractivity contribution in [3.05, 3.63) is 87.4 Å². The number of alkyl halides is 8. The zero-order valence-corrected chi connectivity index (χ0v) is 25.5. The Kier molecular flexibility index (Phi) is 9.60. The summed E-state index contributed by atoms with van der Waals surface area (Å²) >= 11 is 18.6. The molecule has 0 bridgehead atoms. The molecule has 3 aromatic carbocycles. The Morgan fingerprint density at radius 1 is 0.891 bits per heavy atom. The van der Waals surface area contributed by atoms with E-state index in [1.807, 2.05) is 0 Å². The highest BCUT2D eigenvalue weighted by Gasteiger charge is 2.68. The molecule has 3 unspecified atom stereocenters. The summed E-state index contributed by atoms with van der Waals surface area (Å²) in [6, 6.07) is 6.56. The van der Waals surface area contributed by atoms with E-state index in [9.17, 15) is 49.5 Å². The number of hydrogen-bond donors (Lipinski definition) is 3. The molecular formula is C29H20Cl3F8N3O3. The van der Waals surface area contributed by atoms with Gasteiger partial charge in [0.1, 0.15) is 15.8 Å². The molecule has 0 heterocycles. The lowest BCUT2D eigenvalue weighted by molar-refractivity contribution is -0.137. The Balaban J connectivity index is 1.56. The van der Waals surface area contributed by atoms with Crippen molar-refractivity contribution in [1.82, 2.24) is 0 Å². The van der Waals surface area contributed by atoms with E-state index in [1.54, 1.807) is 5.32 Å². The van der Waals surface area contributed by atoms with Crippen LogP contribution in [0.15, 0.2) is 48.5 Å². The molecule has 4 rings (SSSR count). The van der Waals surface area contributed by atoms with Gasteiger partial charge in [-0.3, -0.25) is 14.4 Å². The minimum atomic E-state index is -5.00. The third kappa shape index (κ3) is 7.34. The van der Waals surface area contributed by atoms with Crippen molar-refractivity contribution < 1.29 is 49.5 Å². The Labute approximate surface area is 270 Å². The SMILES string of the molecule is CC(F)C(=O)Nc1c(F)ccc(NC(=O)c2cc(NC(=O)C3C(c4cc(C(C)(F)F)cc(C(F)(F)F)c4)C3(Cl)Cl)ccc2Cl)c1F. The van der Waals surface area contributed by atoms with Crippen LogP contribution >= 0.6 is 34.8 Å². The predicted octanol–water partition coefficient (Wildman–Crippen LogP) is 8.82. The lowest BCUT2D eigenvalue weighted by Crippen LogP contribution is -2.23. The summed E-state index contributed by atoms with van der Waals surface area (Å²) in [5.41, 5.74) is -4.84. The maximum absolute atomic E-state index is 14.9. The molecule has 0 aromatic heterocycles. The Hall–Kier alpha value is -3.62. The first-order valence-corrected chi connectivity index (χ1v) is 14.1. The van der Waals surface area contributed by atoms with E-state index in [4.69, 9.17) is 34.8 Å². The summed E-state index contributed by atoms with van der Waals surface area (Å²) in [7, 11) is 0. The molecule has 17 heteroatoms. The van der Waals surface area contributed by atoms with E-state index < -0.39 is 86.3 Å². The fourth-order valence-corrected chi connectivity index (χ4v) is 5.52. The minimum absolute atomic E-state index is 0.108. The zero-order valence-electron chi connectivity index (χ0n) is 23.2. The second-order valence-corrected chi connectivity index (χ2v) is 12.2. The number of carbonyl (C=O) groups is 3. The van der Waals surface area contributed by atoms with Gasteiger partial charge in [0.15, 0.2) is 12.0 Å². The third-order valence-electron chi connectivity index (χ3n) is 6.91. The summed E-state index contributed by atoms with van der Waals surface area (Å²) in [6.45, 7) is 1.24. The average Bonchev–Trinajstić information content (AvgIpc) is 3.53. The first-order valence-electron chi connectivity index (χ1n) is 13.0. The molecular weight excluding hydrogens is 697 g/mol. The van der Waals surface area contributed by atoms with Crippen LogP contribution in [0.2, 0.25) is 5.02 Å². The van der Waals surface area contributed by atoms with Crippen LogP contribution in [0.4, 0.5) is 52.2 Å². The molecule has 1 saturated carbocycles. The standard InChI is InChI=1S/C29H20Cl3F8N3O3/c1-11(33)24(44)43-23-18(34)5-6-19(22(23)35)42-25(45)16-10-15(3-4-17(16)30)41-26(46)21-20(28(21,31)32)12-7-13(27(2,36)37)9-14(8-12)29(38,39)40/h3-11,20-21H,1-2H3,(H,41,46)(H,42,45)(H,43,44). The minimum Gasteiger partial charge on any atom is -0.326 e. The van der Waals surface area contributed by atoms with Crippen molar-refractivity contribution in [3.8, 4) is 0 Å². The highest BCUT2D eigenvalue weighted by molar-refractivity contribution is 6.53. The monoisotopic (exact) mass is 715 g/mol. The van der Waals surface area contributed by atoms with Crippen LogP contribution in [-0.2, 0) is 21.7 Å². The molecule has 3 aromatic rings. The molecule has 246 valence electrons. The number of halogens is 11. The maximum atomic E-state index is 14.9. The first kappa shape index (κ1) is 35.2. The Morgan fingerprint density at radius 3 is 2.11 bits per heavy atom. The van der Waals surface area contributed by atoms with Crippen molar-refractivity contribution in [3.63, 3.8) is 0 Å². The summed E-state index contributed by atoms with van der Waals surface area (Å²) in [5.74, 6) is -12.5. The van der Waals surface area contributed by atoms with Gasteiger partial charge in [-0.25, -0.2) is 22.0 Å². The molecule has 0 aliphatic heterocycles. The van der Waals surface area contributed by atoms with E-state index >= 15 is 0 Å². The van der Waals surface area contributed by atoms with Gasteiger partial charge in [0.05, 0.1) is 27.8 Å². The zero-order chi connectivity index (χ0) is 34.5. The highest BCUT2D eigenvalue weighted by atomic mass is 35.5. The maximum Gasteiger partial charge on any atom is 0.416 e. The second kappa shape index (κ2) is 12.5. The van der Waals surface area contributed by atoms with Crippen LogP contribution in [0.25, 0.3) is 0 Å². The molecule has 1 fully saturated rings. The predicted molar refractivity (Wildman–Crippen MR) is 155 cm³/mol. The van der Waals surface area contributed by atoms with Crippen LogP contribution in [0.3, 0.4) is 0 Å². The summed E-state index contributed by atoms with van der Waals surface area (Å²) in [4.78, 5) is 37.7. The van der Waals surface area contributed by atoms with Gasteiger partial charge in [0.25, 0.3) is 17.7 Å². The fraction of sp³-hybridized carbons (Fsp3) is 0.276. The molecule has 1 aliphatic rings. The van der Waals surface area contributed by atoms with Crippen molar-refractivity contribution in [1.29, 1.82) is 0 Å². The van der Waals surface area contributed by atoms with E-state index in [0.29, 0.717) is 19.1 Å². The molecule has 0 saturated heterocycles. The number of carbonyl (C=O) groups excluding carboxylic acids is 3. The normalized spacial score (nSPS) is 18.0. The van der Waals surface area contributed by atoms with E-state index in [2.05, 4.69) is 10.6 Å². The van der Waals surface area contributed by atoms with Crippen molar-refractivity contribution >= 4 is 69.6 Å².